The summed E-state index contributed by atoms with van der Waals surface area (Å²) in [5.41, 5.74) is 2.46. The molecule has 19 heavy (non-hydrogen) atoms. The molecule has 0 aliphatic heterocycles. The number of benzene rings is 1. The minimum absolute atomic E-state index is 0.0691. The maximum absolute atomic E-state index is 11.6. The number of carbonyl (C=O) groups is 1. The molecular formula is C16H26N2O. The Labute approximate surface area is 116 Å². The minimum Gasteiger partial charge on any atom is -0.355 e. The molecule has 1 rings (SSSR count). The fraction of sp³-hybridized carbons (Fsp3) is 0.562. The first kappa shape index (κ1) is 15.7. The van der Waals surface area contributed by atoms with Gasteiger partial charge in [-0.15, -0.1) is 0 Å². The second-order valence-electron chi connectivity index (χ2n) is 5.55. The number of hydrogen-bond acceptors (Lipinski definition) is 2. The number of hydrogen-bond donors (Lipinski definition) is 2. The third kappa shape index (κ3) is 6.39. The van der Waals surface area contributed by atoms with Crippen molar-refractivity contribution >= 4 is 5.91 Å². The van der Waals surface area contributed by atoms with Crippen LogP contribution in [0.2, 0.25) is 0 Å². The van der Waals surface area contributed by atoms with Crippen LogP contribution in [-0.2, 0) is 4.79 Å². The Hall–Kier alpha value is -1.35. The van der Waals surface area contributed by atoms with Crippen LogP contribution < -0.4 is 10.6 Å². The average molecular weight is 262 g/mol. The van der Waals surface area contributed by atoms with Crippen molar-refractivity contribution in [3.8, 4) is 0 Å². The molecule has 0 radical (unpaired) electrons. The van der Waals surface area contributed by atoms with Crippen molar-refractivity contribution in [1.82, 2.24) is 10.6 Å². The Kier molecular flexibility index (Phi) is 6.57. The van der Waals surface area contributed by atoms with E-state index in [9.17, 15) is 4.79 Å². The van der Waals surface area contributed by atoms with Crippen molar-refractivity contribution in [3.63, 3.8) is 0 Å². The summed E-state index contributed by atoms with van der Waals surface area (Å²) in [6.07, 6.45) is 1.03. The van der Waals surface area contributed by atoms with Gasteiger partial charge >= 0.3 is 0 Å². The quantitative estimate of drug-likeness (QED) is 0.793. The molecular weight excluding hydrogens is 236 g/mol. The minimum atomic E-state index is 0.0691. The van der Waals surface area contributed by atoms with Gasteiger partial charge in [0.25, 0.3) is 0 Å². The van der Waals surface area contributed by atoms with Gasteiger partial charge in [0.2, 0.25) is 5.91 Å². The first-order chi connectivity index (χ1) is 8.99. The highest BCUT2D eigenvalue weighted by molar-refractivity contribution is 5.77. The summed E-state index contributed by atoms with van der Waals surface area (Å²) in [5.74, 6) is 0.694. The van der Waals surface area contributed by atoms with Crippen LogP contribution in [0.3, 0.4) is 0 Å². The van der Waals surface area contributed by atoms with E-state index < -0.39 is 0 Å². The van der Waals surface area contributed by atoms with Crippen LogP contribution in [0.4, 0.5) is 0 Å². The van der Waals surface area contributed by atoms with E-state index in [0.717, 1.165) is 13.0 Å². The van der Waals surface area contributed by atoms with Crippen molar-refractivity contribution in [1.29, 1.82) is 0 Å². The van der Waals surface area contributed by atoms with E-state index >= 15 is 0 Å². The lowest BCUT2D eigenvalue weighted by Crippen LogP contribution is -2.35. The molecule has 0 fully saturated rings. The highest BCUT2D eigenvalue weighted by Gasteiger charge is 2.07. The zero-order chi connectivity index (χ0) is 14.3. The van der Waals surface area contributed by atoms with Crippen LogP contribution >= 0.6 is 0 Å². The Morgan fingerprint density at radius 3 is 2.37 bits per heavy atom. The number of carbonyl (C=O) groups excluding carboxylic acids is 1. The predicted molar refractivity (Wildman–Crippen MR) is 80.1 cm³/mol. The van der Waals surface area contributed by atoms with Gasteiger partial charge < -0.3 is 10.6 Å². The molecule has 3 heteroatoms. The molecule has 0 saturated carbocycles. The molecule has 0 spiro atoms. The summed E-state index contributed by atoms with van der Waals surface area (Å²) in [7, 11) is 0. The summed E-state index contributed by atoms with van der Waals surface area (Å²) in [4.78, 5) is 11.6. The second-order valence-corrected chi connectivity index (χ2v) is 5.55. The topological polar surface area (TPSA) is 41.1 Å². The molecule has 1 amide bonds. The Balaban J connectivity index is 2.27. The second kappa shape index (κ2) is 7.95. The number of rotatable bonds is 7. The van der Waals surface area contributed by atoms with Crippen LogP contribution in [0, 0.1) is 12.8 Å². The summed E-state index contributed by atoms with van der Waals surface area (Å²) >= 11 is 0. The van der Waals surface area contributed by atoms with Gasteiger partial charge in [0.15, 0.2) is 0 Å². The lowest BCUT2D eigenvalue weighted by molar-refractivity contribution is -0.120. The lowest BCUT2D eigenvalue weighted by atomic mass is 10.1. The number of nitrogens with one attached hydrogen (secondary N) is 2. The van der Waals surface area contributed by atoms with Gasteiger partial charge in [-0.3, -0.25) is 4.79 Å². The molecule has 0 unspecified atom stereocenters. The summed E-state index contributed by atoms with van der Waals surface area (Å²) in [5, 5.41) is 6.17. The van der Waals surface area contributed by atoms with Gasteiger partial charge in [-0.1, -0.05) is 43.7 Å². The molecule has 3 nitrogen and oxygen atoms in total. The normalized spacial score (nSPS) is 12.5. The summed E-state index contributed by atoms with van der Waals surface area (Å²) in [6.45, 7) is 9.59. The molecule has 0 saturated heterocycles. The smallest absolute Gasteiger partial charge is 0.233 e. The maximum Gasteiger partial charge on any atom is 0.233 e. The molecule has 0 heterocycles. The van der Waals surface area contributed by atoms with Gasteiger partial charge in [0, 0.05) is 12.6 Å². The van der Waals surface area contributed by atoms with Gasteiger partial charge in [-0.05, 0) is 31.7 Å². The SMILES string of the molecule is Cc1ccc([C@H](C)NCC(=O)NCCC(C)C)cc1. The van der Waals surface area contributed by atoms with E-state index in [1.807, 2.05) is 0 Å². The van der Waals surface area contributed by atoms with Crippen LogP contribution in [0.25, 0.3) is 0 Å². The molecule has 106 valence electrons. The highest BCUT2D eigenvalue weighted by atomic mass is 16.1. The Morgan fingerprint density at radius 1 is 1.16 bits per heavy atom. The molecule has 0 aromatic heterocycles. The maximum atomic E-state index is 11.6. The van der Waals surface area contributed by atoms with E-state index in [4.69, 9.17) is 0 Å². The third-order valence-corrected chi connectivity index (χ3v) is 3.19. The van der Waals surface area contributed by atoms with E-state index in [2.05, 4.69) is 62.6 Å². The molecule has 0 aliphatic carbocycles. The Bertz CT molecular complexity index is 384. The van der Waals surface area contributed by atoms with Crippen molar-refractivity contribution in [3.05, 3.63) is 35.4 Å². The number of amides is 1. The van der Waals surface area contributed by atoms with Crippen molar-refractivity contribution in [2.75, 3.05) is 13.1 Å². The summed E-state index contributed by atoms with van der Waals surface area (Å²) < 4.78 is 0. The third-order valence-electron chi connectivity index (χ3n) is 3.19. The molecule has 1 atom stereocenters. The van der Waals surface area contributed by atoms with Crippen LogP contribution in [0.1, 0.15) is 44.4 Å². The van der Waals surface area contributed by atoms with Gasteiger partial charge in [-0.25, -0.2) is 0 Å². The van der Waals surface area contributed by atoms with E-state index in [0.29, 0.717) is 12.5 Å². The molecule has 0 aliphatic rings. The van der Waals surface area contributed by atoms with Crippen LogP contribution in [-0.4, -0.2) is 19.0 Å². The number of aryl methyl sites for hydroxylation is 1. The zero-order valence-corrected chi connectivity index (χ0v) is 12.5. The average Bonchev–Trinajstić information content (AvgIpc) is 2.36. The van der Waals surface area contributed by atoms with Crippen molar-refractivity contribution < 1.29 is 4.79 Å². The summed E-state index contributed by atoms with van der Waals surface area (Å²) in [6, 6.07) is 8.58. The van der Waals surface area contributed by atoms with Crippen LogP contribution in [0.5, 0.6) is 0 Å². The van der Waals surface area contributed by atoms with Gasteiger partial charge in [0.1, 0.15) is 0 Å². The lowest BCUT2D eigenvalue weighted by Gasteiger charge is -2.14. The van der Waals surface area contributed by atoms with Gasteiger partial charge in [-0.2, -0.15) is 0 Å². The Morgan fingerprint density at radius 2 is 1.79 bits per heavy atom. The highest BCUT2D eigenvalue weighted by Crippen LogP contribution is 2.12. The molecule has 2 N–H and O–H groups in total. The monoisotopic (exact) mass is 262 g/mol. The van der Waals surface area contributed by atoms with Crippen LogP contribution in [0.15, 0.2) is 24.3 Å². The van der Waals surface area contributed by atoms with E-state index in [1.165, 1.54) is 11.1 Å². The van der Waals surface area contributed by atoms with E-state index in [1.54, 1.807) is 0 Å². The molecule has 1 aromatic carbocycles. The van der Waals surface area contributed by atoms with Gasteiger partial charge in [0.05, 0.1) is 6.54 Å². The standard InChI is InChI=1S/C16H26N2O/c1-12(2)9-10-17-16(19)11-18-14(4)15-7-5-13(3)6-8-15/h5-8,12,14,18H,9-11H2,1-4H3,(H,17,19)/t14-/m0/s1. The van der Waals surface area contributed by atoms with E-state index in [-0.39, 0.29) is 11.9 Å². The zero-order valence-electron chi connectivity index (χ0n) is 12.5. The first-order valence-corrected chi connectivity index (χ1v) is 7.05. The first-order valence-electron chi connectivity index (χ1n) is 7.05. The molecule has 1 aromatic rings. The fourth-order valence-corrected chi connectivity index (χ4v) is 1.78. The molecule has 0 bridgehead atoms. The van der Waals surface area contributed by atoms with Crippen molar-refractivity contribution in [2.45, 2.75) is 40.2 Å². The largest absolute Gasteiger partial charge is 0.355 e. The van der Waals surface area contributed by atoms with Crippen molar-refractivity contribution in [2.24, 2.45) is 5.92 Å². The fourth-order valence-electron chi connectivity index (χ4n) is 1.78. The predicted octanol–water partition coefficient (Wildman–Crippen LogP) is 2.81.